The van der Waals surface area contributed by atoms with Crippen molar-refractivity contribution in [2.24, 2.45) is 0 Å². The molecule has 1 N–H and O–H groups in total. The Hall–Kier alpha value is -3.44. The highest BCUT2D eigenvalue weighted by atomic mass is 79.9. The first-order valence-electron chi connectivity index (χ1n) is 9.34. The number of pyridine rings is 1. The molecule has 0 saturated heterocycles. The zero-order valence-electron chi connectivity index (χ0n) is 16.2. The van der Waals surface area contributed by atoms with Crippen molar-refractivity contribution in [1.29, 1.82) is 0 Å². The zero-order valence-corrected chi connectivity index (χ0v) is 17.8. The van der Waals surface area contributed by atoms with E-state index in [4.69, 9.17) is 4.74 Å². The smallest absolute Gasteiger partial charge is 0.260 e. The number of ketones is 1. The van der Waals surface area contributed by atoms with Crippen LogP contribution in [0.1, 0.15) is 15.9 Å². The summed E-state index contributed by atoms with van der Waals surface area (Å²) in [7, 11) is 1.59. The van der Waals surface area contributed by atoms with Gasteiger partial charge in [-0.1, -0.05) is 64.5 Å². The standard InChI is InChI=1S/C25H18BrNO3/c1-30-19-9-5-6-16(14-19)10-13-22(28)24-23(17-7-3-2-4-8-17)20-15-18(26)11-12-21(20)27-25(24)29/h2-15H,1H3,(H,27,29). The minimum atomic E-state index is -0.413. The Morgan fingerprint density at radius 3 is 2.57 bits per heavy atom. The molecule has 0 atom stereocenters. The van der Waals surface area contributed by atoms with Crippen molar-refractivity contribution in [3.8, 4) is 16.9 Å². The zero-order chi connectivity index (χ0) is 21.1. The monoisotopic (exact) mass is 459 g/mol. The molecule has 148 valence electrons. The molecule has 0 aliphatic carbocycles. The van der Waals surface area contributed by atoms with Crippen molar-refractivity contribution >= 4 is 38.7 Å². The Labute approximate surface area is 182 Å². The van der Waals surface area contributed by atoms with E-state index in [2.05, 4.69) is 20.9 Å². The second kappa shape index (κ2) is 8.51. The minimum absolute atomic E-state index is 0.117. The van der Waals surface area contributed by atoms with Gasteiger partial charge in [-0.2, -0.15) is 0 Å². The second-order valence-corrected chi connectivity index (χ2v) is 7.65. The number of fused-ring (bicyclic) bond motifs is 1. The van der Waals surface area contributed by atoms with Gasteiger partial charge in [0.15, 0.2) is 5.78 Å². The number of aromatic nitrogens is 1. The van der Waals surface area contributed by atoms with Gasteiger partial charge in [0.25, 0.3) is 5.56 Å². The lowest BCUT2D eigenvalue weighted by molar-refractivity contribution is 0.104. The number of ether oxygens (including phenoxy) is 1. The number of aromatic amines is 1. The molecule has 0 fully saturated rings. The lowest BCUT2D eigenvalue weighted by atomic mass is 9.94. The van der Waals surface area contributed by atoms with Gasteiger partial charge in [-0.15, -0.1) is 0 Å². The van der Waals surface area contributed by atoms with Crippen LogP contribution in [0.2, 0.25) is 0 Å². The number of benzene rings is 3. The van der Waals surface area contributed by atoms with Gasteiger partial charge in [0, 0.05) is 20.9 Å². The summed E-state index contributed by atoms with van der Waals surface area (Å²) in [5.74, 6) is 0.336. The van der Waals surface area contributed by atoms with Crippen LogP contribution in [0.15, 0.2) is 88.1 Å². The van der Waals surface area contributed by atoms with E-state index in [9.17, 15) is 9.59 Å². The molecule has 0 aliphatic heterocycles. The van der Waals surface area contributed by atoms with Gasteiger partial charge < -0.3 is 9.72 Å². The molecule has 0 bridgehead atoms. The molecular weight excluding hydrogens is 442 g/mol. The number of hydrogen-bond donors (Lipinski definition) is 1. The van der Waals surface area contributed by atoms with E-state index in [1.54, 1.807) is 13.2 Å². The number of halogens is 1. The van der Waals surface area contributed by atoms with E-state index in [0.29, 0.717) is 16.8 Å². The van der Waals surface area contributed by atoms with Crippen molar-refractivity contribution < 1.29 is 9.53 Å². The highest BCUT2D eigenvalue weighted by Crippen LogP contribution is 2.31. The average Bonchev–Trinajstić information content (AvgIpc) is 2.77. The number of H-pyrrole nitrogens is 1. The molecule has 4 nitrogen and oxygen atoms in total. The Bertz CT molecular complexity index is 1320. The van der Waals surface area contributed by atoms with Crippen LogP contribution >= 0.6 is 15.9 Å². The first-order chi connectivity index (χ1) is 14.6. The van der Waals surface area contributed by atoms with Crippen molar-refractivity contribution in [2.75, 3.05) is 7.11 Å². The summed E-state index contributed by atoms with van der Waals surface area (Å²) < 4.78 is 6.09. The third-order valence-corrected chi connectivity index (χ3v) is 5.30. The van der Waals surface area contributed by atoms with Gasteiger partial charge in [-0.25, -0.2) is 0 Å². The fourth-order valence-electron chi connectivity index (χ4n) is 3.41. The molecule has 0 spiro atoms. The average molecular weight is 460 g/mol. The number of allylic oxidation sites excluding steroid dienone is 1. The molecule has 0 unspecified atom stereocenters. The maximum atomic E-state index is 13.2. The molecule has 1 aromatic heterocycles. The third kappa shape index (κ3) is 3.98. The molecule has 0 saturated carbocycles. The Morgan fingerprint density at radius 1 is 1.00 bits per heavy atom. The predicted octanol–water partition coefficient (Wildman–Crippen LogP) is 5.86. The molecule has 0 radical (unpaired) electrons. The Morgan fingerprint density at radius 2 is 1.80 bits per heavy atom. The largest absolute Gasteiger partial charge is 0.497 e. The van der Waals surface area contributed by atoms with Crippen LogP contribution < -0.4 is 10.3 Å². The lowest BCUT2D eigenvalue weighted by Gasteiger charge is -2.12. The van der Waals surface area contributed by atoms with E-state index >= 15 is 0 Å². The minimum Gasteiger partial charge on any atom is -0.497 e. The van der Waals surface area contributed by atoms with Crippen molar-refractivity contribution in [1.82, 2.24) is 4.98 Å². The number of hydrogen-bond acceptors (Lipinski definition) is 3. The molecule has 30 heavy (non-hydrogen) atoms. The lowest BCUT2D eigenvalue weighted by Crippen LogP contribution is -2.18. The van der Waals surface area contributed by atoms with Gasteiger partial charge in [0.05, 0.1) is 12.7 Å². The van der Waals surface area contributed by atoms with E-state index in [1.165, 1.54) is 6.08 Å². The number of rotatable bonds is 5. The summed E-state index contributed by atoms with van der Waals surface area (Å²) in [5.41, 5.74) is 2.62. The summed E-state index contributed by atoms with van der Waals surface area (Å²) in [5, 5.41) is 0.799. The molecular formula is C25H18BrNO3. The van der Waals surface area contributed by atoms with Crippen molar-refractivity contribution in [2.45, 2.75) is 0 Å². The third-order valence-electron chi connectivity index (χ3n) is 4.81. The Kier molecular flexibility index (Phi) is 5.63. The number of methoxy groups -OCH3 is 1. The van der Waals surface area contributed by atoms with Gasteiger partial charge in [-0.05, 0) is 47.5 Å². The molecule has 0 aliphatic rings. The van der Waals surface area contributed by atoms with Gasteiger partial charge in [0.2, 0.25) is 0 Å². The summed E-state index contributed by atoms with van der Waals surface area (Å²) >= 11 is 3.49. The van der Waals surface area contributed by atoms with Crippen LogP contribution in [0.25, 0.3) is 28.1 Å². The topological polar surface area (TPSA) is 59.2 Å². The van der Waals surface area contributed by atoms with E-state index in [0.717, 1.165) is 21.0 Å². The number of carbonyl (C=O) groups excluding carboxylic acids is 1. The quantitative estimate of drug-likeness (QED) is 0.300. The van der Waals surface area contributed by atoms with Crippen molar-refractivity contribution in [3.05, 3.63) is 105 Å². The first-order valence-corrected chi connectivity index (χ1v) is 10.1. The number of nitrogens with one attached hydrogen (secondary N) is 1. The highest BCUT2D eigenvalue weighted by Gasteiger charge is 2.19. The summed E-state index contributed by atoms with van der Waals surface area (Å²) in [6.07, 6.45) is 3.11. The van der Waals surface area contributed by atoms with Crippen LogP contribution in [0, 0.1) is 0 Å². The molecule has 4 aromatic rings. The SMILES string of the molecule is COc1cccc(C=CC(=O)c2c(-c3ccccc3)c3cc(Br)ccc3[nH]c2=O)c1. The van der Waals surface area contributed by atoms with Gasteiger partial charge >= 0.3 is 0 Å². The van der Waals surface area contributed by atoms with Crippen LogP contribution in [0.5, 0.6) is 5.75 Å². The van der Waals surface area contributed by atoms with E-state index in [-0.39, 0.29) is 11.3 Å². The first kappa shape index (κ1) is 19.9. The van der Waals surface area contributed by atoms with Crippen LogP contribution in [0.4, 0.5) is 0 Å². The Balaban J connectivity index is 1.89. The van der Waals surface area contributed by atoms with E-state index in [1.807, 2.05) is 72.8 Å². The van der Waals surface area contributed by atoms with Crippen LogP contribution in [-0.4, -0.2) is 17.9 Å². The summed E-state index contributed by atoms with van der Waals surface area (Å²) in [4.78, 5) is 28.9. The predicted molar refractivity (Wildman–Crippen MR) is 124 cm³/mol. The van der Waals surface area contributed by atoms with E-state index < -0.39 is 5.56 Å². The maximum Gasteiger partial charge on any atom is 0.260 e. The normalized spacial score (nSPS) is 11.1. The van der Waals surface area contributed by atoms with Crippen LogP contribution in [-0.2, 0) is 0 Å². The molecule has 0 amide bonds. The van der Waals surface area contributed by atoms with Crippen LogP contribution in [0.3, 0.4) is 0 Å². The second-order valence-electron chi connectivity index (χ2n) is 6.73. The van der Waals surface area contributed by atoms with Gasteiger partial charge in [-0.3, -0.25) is 9.59 Å². The number of carbonyl (C=O) groups is 1. The molecule has 4 rings (SSSR count). The van der Waals surface area contributed by atoms with Crippen molar-refractivity contribution in [3.63, 3.8) is 0 Å². The molecule has 5 heteroatoms. The summed E-state index contributed by atoms with van der Waals surface area (Å²) in [6, 6.07) is 22.4. The molecule has 3 aromatic carbocycles. The molecule has 1 heterocycles. The summed E-state index contributed by atoms with van der Waals surface area (Å²) in [6.45, 7) is 0. The fourth-order valence-corrected chi connectivity index (χ4v) is 3.77. The maximum absolute atomic E-state index is 13.2. The van der Waals surface area contributed by atoms with Gasteiger partial charge in [0.1, 0.15) is 5.75 Å². The highest BCUT2D eigenvalue weighted by molar-refractivity contribution is 9.10. The fraction of sp³-hybridized carbons (Fsp3) is 0.0400.